The number of nitrogens with one attached hydrogen (secondary N) is 2. The molecule has 0 heterocycles. The van der Waals surface area contributed by atoms with Gasteiger partial charge in [-0.3, -0.25) is 9.59 Å². The topological polar surface area (TPSA) is 58.2 Å². The van der Waals surface area contributed by atoms with E-state index in [0.29, 0.717) is 24.2 Å². The molecule has 112 valence electrons. The molecule has 0 aromatic heterocycles. The molecule has 0 aliphatic heterocycles. The fourth-order valence-corrected chi connectivity index (χ4v) is 1.71. The average Bonchev–Trinajstić information content (AvgIpc) is 2.46. The number of carbonyl (C=O) groups excluding carboxylic acids is 2. The Balaban J connectivity index is 0.00000220. The molecular formula is C16H16N2NiO2. The molecule has 2 N–H and O–H groups in total. The van der Waals surface area contributed by atoms with E-state index in [1.54, 1.807) is 36.7 Å². The standard InChI is InChI=1S/C16H16N2O2.Ni/c19-15-7-3-1-5-13(15)11-17-9-10-18-12-14-6-2-4-8-16(14)20;/h1-8,11-12,17-18H,9-10H2;. The Hall–Kier alpha value is -2.13. The molecule has 0 fully saturated rings. The molecule has 0 amide bonds. The number of carbonyl (C=O) groups is 2. The van der Waals surface area contributed by atoms with Crippen LogP contribution in [-0.2, 0) is 26.1 Å². The first-order valence-electron chi connectivity index (χ1n) is 6.42. The van der Waals surface area contributed by atoms with Crippen molar-refractivity contribution in [3.05, 3.63) is 72.2 Å². The number of ketones is 2. The summed E-state index contributed by atoms with van der Waals surface area (Å²) in [4.78, 5) is 22.9. The van der Waals surface area contributed by atoms with Crippen molar-refractivity contribution in [3.8, 4) is 0 Å². The van der Waals surface area contributed by atoms with Crippen molar-refractivity contribution in [1.29, 1.82) is 0 Å². The molecule has 5 heteroatoms. The van der Waals surface area contributed by atoms with Crippen LogP contribution < -0.4 is 10.6 Å². The molecule has 0 unspecified atom stereocenters. The first kappa shape index (κ1) is 16.9. The maximum Gasteiger partial charge on any atom is 0.187 e. The Bertz CT molecular complexity index is 529. The molecular weight excluding hydrogens is 311 g/mol. The molecule has 2 rings (SSSR count). The summed E-state index contributed by atoms with van der Waals surface area (Å²) in [5.74, 6) is -0.000363. The SMILES string of the molecule is O=C1C=CC=CC1=CNCCNC=C1C=CC=CC1=O.[Ni]. The molecule has 0 atom stereocenters. The average molecular weight is 327 g/mol. The Morgan fingerprint density at radius 2 is 1.10 bits per heavy atom. The Morgan fingerprint density at radius 1 is 0.714 bits per heavy atom. The van der Waals surface area contributed by atoms with Gasteiger partial charge in [-0.2, -0.15) is 0 Å². The Kier molecular flexibility index (Phi) is 7.20. The van der Waals surface area contributed by atoms with Crippen molar-refractivity contribution in [2.24, 2.45) is 0 Å². The van der Waals surface area contributed by atoms with E-state index < -0.39 is 0 Å². The number of allylic oxidation sites excluding steroid dienone is 10. The second kappa shape index (κ2) is 8.93. The number of rotatable bonds is 5. The van der Waals surface area contributed by atoms with Crippen molar-refractivity contribution < 1.29 is 26.1 Å². The third-order valence-corrected chi connectivity index (χ3v) is 2.77. The molecule has 21 heavy (non-hydrogen) atoms. The molecule has 4 nitrogen and oxygen atoms in total. The molecule has 0 bridgehead atoms. The van der Waals surface area contributed by atoms with Gasteiger partial charge in [-0.25, -0.2) is 0 Å². The van der Waals surface area contributed by atoms with Gasteiger partial charge in [-0.05, 0) is 24.3 Å². The predicted molar refractivity (Wildman–Crippen MR) is 78.7 cm³/mol. The quantitative estimate of drug-likeness (QED) is 0.454. The van der Waals surface area contributed by atoms with E-state index in [0.717, 1.165) is 0 Å². The van der Waals surface area contributed by atoms with Gasteiger partial charge in [0.05, 0.1) is 0 Å². The van der Waals surface area contributed by atoms with Crippen LogP contribution in [0.2, 0.25) is 0 Å². The molecule has 0 spiro atoms. The van der Waals surface area contributed by atoms with Crippen LogP contribution in [0.5, 0.6) is 0 Å². The smallest absolute Gasteiger partial charge is 0.187 e. The summed E-state index contributed by atoms with van der Waals surface area (Å²) in [6.45, 7) is 1.32. The monoisotopic (exact) mass is 326 g/mol. The number of hydrogen-bond donors (Lipinski definition) is 2. The summed E-state index contributed by atoms with van der Waals surface area (Å²) in [5.41, 5.74) is 1.28. The molecule has 0 radical (unpaired) electrons. The van der Waals surface area contributed by atoms with Crippen LogP contribution in [0.4, 0.5) is 0 Å². The van der Waals surface area contributed by atoms with Crippen molar-refractivity contribution in [2.75, 3.05) is 13.1 Å². The Morgan fingerprint density at radius 3 is 1.48 bits per heavy atom. The zero-order chi connectivity index (χ0) is 14.2. The summed E-state index contributed by atoms with van der Waals surface area (Å²) < 4.78 is 0. The summed E-state index contributed by atoms with van der Waals surface area (Å²) in [6.07, 6.45) is 17.1. The Labute approximate surface area is 134 Å². The van der Waals surface area contributed by atoms with E-state index in [1.807, 2.05) is 12.2 Å². The summed E-state index contributed by atoms with van der Waals surface area (Å²) in [7, 11) is 0. The van der Waals surface area contributed by atoms with Crippen LogP contribution in [0.25, 0.3) is 0 Å². The van der Waals surface area contributed by atoms with Crippen LogP contribution in [0, 0.1) is 0 Å². The molecule has 0 aromatic carbocycles. The van der Waals surface area contributed by atoms with Crippen molar-refractivity contribution in [2.45, 2.75) is 0 Å². The van der Waals surface area contributed by atoms with Gasteiger partial charge >= 0.3 is 0 Å². The largest absolute Gasteiger partial charge is 0.389 e. The van der Waals surface area contributed by atoms with Gasteiger partial charge in [0.15, 0.2) is 11.6 Å². The van der Waals surface area contributed by atoms with E-state index in [1.165, 1.54) is 12.2 Å². The molecule has 0 saturated heterocycles. The van der Waals surface area contributed by atoms with Crippen LogP contribution in [0.15, 0.2) is 72.2 Å². The van der Waals surface area contributed by atoms with E-state index in [4.69, 9.17) is 0 Å². The summed E-state index contributed by atoms with van der Waals surface area (Å²) >= 11 is 0. The fourth-order valence-electron chi connectivity index (χ4n) is 1.71. The van der Waals surface area contributed by atoms with Gasteiger partial charge in [0, 0.05) is 53.1 Å². The minimum Gasteiger partial charge on any atom is -0.389 e. The molecule has 0 aromatic rings. The number of hydrogen-bond acceptors (Lipinski definition) is 4. The molecule has 0 saturated carbocycles. The van der Waals surface area contributed by atoms with E-state index in [2.05, 4.69) is 10.6 Å². The zero-order valence-electron chi connectivity index (χ0n) is 11.3. The predicted octanol–water partition coefficient (Wildman–Crippen LogP) is 1.32. The van der Waals surface area contributed by atoms with Gasteiger partial charge in [0.1, 0.15) is 0 Å². The van der Waals surface area contributed by atoms with Crippen molar-refractivity contribution >= 4 is 11.6 Å². The van der Waals surface area contributed by atoms with E-state index in [-0.39, 0.29) is 28.1 Å². The molecule has 2 aliphatic carbocycles. The van der Waals surface area contributed by atoms with Crippen molar-refractivity contribution in [1.82, 2.24) is 10.6 Å². The van der Waals surface area contributed by atoms with Gasteiger partial charge in [0.25, 0.3) is 0 Å². The van der Waals surface area contributed by atoms with E-state index >= 15 is 0 Å². The second-order valence-corrected chi connectivity index (χ2v) is 4.27. The first-order valence-corrected chi connectivity index (χ1v) is 6.42. The van der Waals surface area contributed by atoms with E-state index in [9.17, 15) is 9.59 Å². The molecule has 2 aliphatic rings. The minimum atomic E-state index is -0.000182. The fraction of sp³-hybridized carbons (Fsp3) is 0.125. The minimum absolute atomic E-state index is 0. The maximum absolute atomic E-state index is 11.4. The van der Waals surface area contributed by atoms with Gasteiger partial charge < -0.3 is 10.6 Å². The first-order chi connectivity index (χ1) is 9.77. The third kappa shape index (κ3) is 5.40. The maximum atomic E-state index is 11.4. The third-order valence-electron chi connectivity index (χ3n) is 2.77. The van der Waals surface area contributed by atoms with Crippen LogP contribution in [-0.4, -0.2) is 24.7 Å². The summed E-state index contributed by atoms with van der Waals surface area (Å²) in [5, 5.41) is 6.12. The van der Waals surface area contributed by atoms with Crippen LogP contribution in [0.3, 0.4) is 0 Å². The van der Waals surface area contributed by atoms with Gasteiger partial charge in [-0.1, -0.05) is 24.3 Å². The van der Waals surface area contributed by atoms with Crippen LogP contribution >= 0.6 is 0 Å². The van der Waals surface area contributed by atoms with Crippen molar-refractivity contribution in [3.63, 3.8) is 0 Å². The zero-order valence-corrected chi connectivity index (χ0v) is 12.3. The normalized spacial score (nSPS) is 20.0. The second-order valence-electron chi connectivity index (χ2n) is 4.27. The van der Waals surface area contributed by atoms with Gasteiger partial charge in [-0.15, -0.1) is 0 Å². The van der Waals surface area contributed by atoms with Gasteiger partial charge in [0.2, 0.25) is 0 Å². The summed E-state index contributed by atoms with van der Waals surface area (Å²) in [6, 6.07) is 0. The van der Waals surface area contributed by atoms with Crippen LogP contribution in [0.1, 0.15) is 0 Å².